The zero-order chi connectivity index (χ0) is 21.1. The molecule has 0 unspecified atom stereocenters. The van der Waals surface area contributed by atoms with Gasteiger partial charge in [-0.05, 0) is 79.3 Å². The van der Waals surface area contributed by atoms with Gasteiger partial charge in [-0.15, -0.1) is 0 Å². The van der Waals surface area contributed by atoms with Crippen LogP contribution in [0.5, 0.6) is 5.75 Å². The maximum absolute atomic E-state index is 12.5. The van der Waals surface area contributed by atoms with Gasteiger partial charge in [0.15, 0.2) is 0 Å². The maximum Gasteiger partial charge on any atom is 0.332 e. The second-order valence-electron chi connectivity index (χ2n) is 7.74. The highest BCUT2D eigenvalue weighted by Crippen LogP contribution is 2.38. The van der Waals surface area contributed by atoms with Gasteiger partial charge in [0.1, 0.15) is 5.75 Å². The van der Waals surface area contributed by atoms with E-state index in [2.05, 4.69) is 16.1 Å². The van der Waals surface area contributed by atoms with Gasteiger partial charge in [-0.25, -0.2) is 17.9 Å². The Hall–Kier alpha value is -2.25. The first-order chi connectivity index (χ1) is 14.4. The monoisotopic (exact) mass is 448 g/mol. The van der Waals surface area contributed by atoms with E-state index < -0.39 is 16.1 Å². The number of rotatable bonds is 7. The van der Waals surface area contributed by atoms with Gasteiger partial charge in [-0.3, -0.25) is 0 Å². The molecular formula is C22H25ClN2O4S. The molecule has 2 aromatic rings. The number of urea groups is 1. The Kier molecular flexibility index (Phi) is 6.20. The Morgan fingerprint density at radius 2 is 1.70 bits per heavy atom. The lowest BCUT2D eigenvalue weighted by Gasteiger charge is -2.16. The van der Waals surface area contributed by atoms with E-state index in [9.17, 15) is 13.2 Å². The largest absolute Gasteiger partial charge is 0.492 e. The van der Waals surface area contributed by atoms with Crippen molar-refractivity contribution in [3.63, 3.8) is 0 Å². The number of benzene rings is 2. The molecule has 2 aliphatic rings. The molecule has 0 saturated carbocycles. The average molecular weight is 449 g/mol. The Bertz CT molecular complexity index is 1040. The lowest BCUT2D eigenvalue weighted by Crippen LogP contribution is -2.36. The number of hydrogen-bond acceptors (Lipinski definition) is 4. The second kappa shape index (κ2) is 8.86. The van der Waals surface area contributed by atoms with Crippen LogP contribution in [-0.2, 0) is 35.7 Å². The summed E-state index contributed by atoms with van der Waals surface area (Å²) in [5.74, 6) is 0.296. The van der Waals surface area contributed by atoms with E-state index in [-0.39, 0.29) is 18.8 Å². The third-order valence-electron chi connectivity index (χ3n) is 5.61. The maximum atomic E-state index is 12.5. The van der Waals surface area contributed by atoms with Crippen molar-refractivity contribution in [3.8, 4) is 5.75 Å². The summed E-state index contributed by atoms with van der Waals surface area (Å²) in [6, 6.07) is 8.58. The van der Waals surface area contributed by atoms with Crippen molar-refractivity contribution in [2.75, 3.05) is 17.7 Å². The Labute approximate surface area is 182 Å². The van der Waals surface area contributed by atoms with Gasteiger partial charge in [-0.1, -0.05) is 29.8 Å². The molecule has 2 aromatic carbocycles. The van der Waals surface area contributed by atoms with Gasteiger partial charge in [0, 0.05) is 5.69 Å². The molecule has 0 aliphatic heterocycles. The number of carbonyl (C=O) groups excluding carboxylic acids is 1. The number of fused-ring (bicyclic) bond motifs is 2. The highest BCUT2D eigenvalue weighted by atomic mass is 35.5. The van der Waals surface area contributed by atoms with Crippen LogP contribution in [0.25, 0.3) is 0 Å². The molecule has 0 saturated heterocycles. The number of aryl methyl sites for hydroxylation is 2. The summed E-state index contributed by atoms with van der Waals surface area (Å²) in [5.41, 5.74) is 5.72. The van der Waals surface area contributed by atoms with E-state index >= 15 is 0 Å². The molecule has 0 radical (unpaired) electrons. The molecule has 30 heavy (non-hydrogen) atoms. The van der Waals surface area contributed by atoms with E-state index in [1.807, 2.05) is 0 Å². The standard InChI is InChI=1S/C22H25ClN2O4S/c23-19-10-1-2-11-20(19)29-12-5-13-30(27,28)25-22(26)24-21-17-8-3-6-15(17)14-16-7-4-9-18(16)21/h1-2,10-11,14H,3-9,12-13H2,(H2,24,25,26). The van der Waals surface area contributed by atoms with Crippen LogP contribution in [0.2, 0.25) is 5.02 Å². The zero-order valence-electron chi connectivity index (χ0n) is 16.7. The first-order valence-electron chi connectivity index (χ1n) is 10.3. The minimum Gasteiger partial charge on any atom is -0.492 e. The fraction of sp³-hybridized carbons (Fsp3) is 0.409. The lowest BCUT2D eigenvalue weighted by atomic mass is 9.99. The van der Waals surface area contributed by atoms with Gasteiger partial charge in [-0.2, -0.15) is 0 Å². The zero-order valence-corrected chi connectivity index (χ0v) is 18.2. The number of sulfonamides is 1. The van der Waals surface area contributed by atoms with E-state index in [4.69, 9.17) is 16.3 Å². The predicted octanol–water partition coefficient (Wildman–Crippen LogP) is 4.24. The van der Waals surface area contributed by atoms with Crippen LogP contribution < -0.4 is 14.8 Å². The van der Waals surface area contributed by atoms with Gasteiger partial charge >= 0.3 is 6.03 Å². The van der Waals surface area contributed by atoms with Gasteiger partial charge in [0.25, 0.3) is 0 Å². The quantitative estimate of drug-likeness (QED) is 0.620. The minimum absolute atomic E-state index is 0.186. The Balaban J connectivity index is 1.33. The fourth-order valence-corrected chi connectivity index (χ4v) is 5.42. The number of nitrogens with one attached hydrogen (secondary N) is 2. The summed E-state index contributed by atoms with van der Waals surface area (Å²) < 4.78 is 32.3. The molecule has 4 rings (SSSR count). The predicted molar refractivity (Wildman–Crippen MR) is 118 cm³/mol. The summed E-state index contributed by atoms with van der Waals surface area (Å²) in [7, 11) is -3.77. The molecule has 8 heteroatoms. The number of hydrogen-bond donors (Lipinski definition) is 2. The summed E-state index contributed by atoms with van der Waals surface area (Å²) in [4.78, 5) is 12.5. The van der Waals surface area contributed by atoms with Crippen molar-refractivity contribution < 1.29 is 17.9 Å². The molecule has 2 aliphatic carbocycles. The van der Waals surface area contributed by atoms with E-state index in [1.54, 1.807) is 24.3 Å². The summed E-state index contributed by atoms with van der Waals surface area (Å²) in [6.07, 6.45) is 6.25. The molecule has 2 N–H and O–H groups in total. The van der Waals surface area contributed by atoms with Crippen molar-refractivity contribution in [2.45, 2.75) is 44.9 Å². The Morgan fingerprint density at radius 1 is 1.03 bits per heavy atom. The molecule has 0 aromatic heterocycles. The third-order valence-corrected chi connectivity index (χ3v) is 7.25. The van der Waals surface area contributed by atoms with Crippen molar-refractivity contribution in [3.05, 3.63) is 57.6 Å². The minimum atomic E-state index is -3.77. The molecule has 0 fully saturated rings. The van der Waals surface area contributed by atoms with Crippen molar-refractivity contribution in [2.24, 2.45) is 0 Å². The topological polar surface area (TPSA) is 84.5 Å². The van der Waals surface area contributed by atoms with Crippen LogP contribution in [-0.4, -0.2) is 26.8 Å². The van der Waals surface area contributed by atoms with Crippen LogP contribution in [0.15, 0.2) is 30.3 Å². The number of para-hydroxylation sites is 1. The molecule has 160 valence electrons. The lowest BCUT2D eigenvalue weighted by molar-refractivity contribution is 0.256. The van der Waals surface area contributed by atoms with Crippen LogP contribution >= 0.6 is 11.6 Å². The van der Waals surface area contributed by atoms with E-state index in [0.717, 1.165) is 55.3 Å². The van der Waals surface area contributed by atoms with Gasteiger partial charge in [0.2, 0.25) is 10.0 Å². The molecule has 0 spiro atoms. The van der Waals surface area contributed by atoms with Crippen LogP contribution in [0.1, 0.15) is 41.5 Å². The smallest absolute Gasteiger partial charge is 0.332 e. The van der Waals surface area contributed by atoms with Crippen molar-refractivity contribution >= 4 is 33.3 Å². The van der Waals surface area contributed by atoms with Gasteiger partial charge in [0.05, 0.1) is 17.4 Å². The SMILES string of the molecule is O=C(Nc1c2c(cc3c1CCC3)CCC2)NS(=O)(=O)CCCOc1ccccc1Cl. The average Bonchev–Trinajstić information content (AvgIpc) is 3.35. The molecular weight excluding hydrogens is 424 g/mol. The molecule has 0 atom stereocenters. The first-order valence-corrected chi connectivity index (χ1v) is 12.3. The first kappa shape index (κ1) is 21.0. The number of amides is 2. The van der Waals surface area contributed by atoms with Crippen LogP contribution in [0.3, 0.4) is 0 Å². The summed E-state index contributed by atoms with van der Waals surface area (Å²) in [5, 5.41) is 3.32. The number of anilines is 1. The van der Waals surface area contributed by atoms with Crippen molar-refractivity contribution in [1.29, 1.82) is 0 Å². The van der Waals surface area contributed by atoms with Crippen molar-refractivity contribution in [1.82, 2.24) is 4.72 Å². The Morgan fingerprint density at radius 3 is 2.37 bits per heavy atom. The highest BCUT2D eigenvalue weighted by molar-refractivity contribution is 7.90. The number of halogens is 1. The summed E-state index contributed by atoms with van der Waals surface area (Å²) in [6.45, 7) is 0.186. The molecule has 6 nitrogen and oxygen atoms in total. The van der Waals surface area contributed by atoms with Gasteiger partial charge < -0.3 is 10.1 Å². The third kappa shape index (κ3) is 4.73. The highest BCUT2D eigenvalue weighted by Gasteiger charge is 2.25. The number of carbonyl (C=O) groups is 1. The molecule has 2 amide bonds. The molecule has 0 bridgehead atoms. The molecule has 0 heterocycles. The van der Waals surface area contributed by atoms with E-state index in [0.29, 0.717) is 10.8 Å². The second-order valence-corrected chi connectivity index (χ2v) is 9.99. The summed E-state index contributed by atoms with van der Waals surface area (Å²) >= 11 is 6.01. The fourth-order valence-electron chi connectivity index (χ4n) is 4.29. The van der Waals surface area contributed by atoms with E-state index in [1.165, 1.54) is 11.1 Å². The van der Waals surface area contributed by atoms with Crippen LogP contribution in [0, 0.1) is 0 Å². The van der Waals surface area contributed by atoms with Crippen LogP contribution in [0.4, 0.5) is 10.5 Å². The number of ether oxygens (including phenoxy) is 1. The normalized spacial score (nSPS) is 14.8.